The predicted molar refractivity (Wildman–Crippen MR) is 129 cm³/mol. The molecule has 158 valence electrons. The molecule has 11 heteroatoms. The van der Waals surface area contributed by atoms with Gasteiger partial charge in [0.25, 0.3) is 0 Å². The Morgan fingerprint density at radius 1 is 1.25 bits per heavy atom. The zero-order valence-electron chi connectivity index (χ0n) is 16.5. The molecule has 0 amide bonds. The normalized spacial score (nSPS) is 12.1. The number of nitrogens with zero attached hydrogens (tertiary/aromatic N) is 2. The fraction of sp³-hybridized carbons (Fsp3) is 0.529. The second-order valence-electron chi connectivity index (χ2n) is 6.21. The maximum atomic E-state index is 12.2. The lowest BCUT2D eigenvalue weighted by Gasteiger charge is -2.11. The maximum Gasteiger partial charge on any atom is 0.250 e. The Bertz CT molecular complexity index is 862. The van der Waals surface area contributed by atoms with E-state index < -0.39 is 10.0 Å². The van der Waals surface area contributed by atoms with Crippen molar-refractivity contribution in [1.29, 1.82) is 0 Å². The van der Waals surface area contributed by atoms with Crippen molar-refractivity contribution in [3.63, 3.8) is 0 Å². The lowest BCUT2D eigenvalue weighted by atomic mass is 10.2. The van der Waals surface area contributed by atoms with Gasteiger partial charge in [0.05, 0.1) is 12.2 Å². The molecule has 28 heavy (non-hydrogen) atoms. The summed E-state index contributed by atoms with van der Waals surface area (Å²) in [5, 5.41) is 9.33. The second-order valence-corrected chi connectivity index (χ2v) is 10.4. The van der Waals surface area contributed by atoms with Crippen LogP contribution in [0.4, 0.5) is 0 Å². The summed E-state index contributed by atoms with van der Waals surface area (Å²) < 4.78 is 27.3. The van der Waals surface area contributed by atoms with Crippen LogP contribution in [0.3, 0.4) is 0 Å². The summed E-state index contributed by atoms with van der Waals surface area (Å²) in [5.74, 6) is 1.05. The number of rotatable bonds is 9. The smallest absolute Gasteiger partial charge is 0.250 e. The Morgan fingerprint density at radius 3 is 2.57 bits per heavy atom. The molecule has 0 atom stereocenters. The van der Waals surface area contributed by atoms with Gasteiger partial charge in [0.1, 0.15) is 9.22 Å². The third kappa shape index (κ3) is 7.93. The molecule has 0 saturated carbocycles. The minimum Gasteiger partial charge on any atom is -0.357 e. The number of aromatic nitrogens is 1. The molecule has 0 aliphatic heterocycles. The van der Waals surface area contributed by atoms with E-state index in [1.54, 1.807) is 23.5 Å². The Hall–Kier alpha value is -0.760. The fourth-order valence-electron chi connectivity index (χ4n) is 2.15. The Morgan fingerprint density at radius 2 is 2.00 bits per heavy atom. The largest absolute Gasteiger partial charge is 0.357 e. The van der Waals surface area contributed by atoms with Crippen LogP contribution in [0.15, 0.2) is 26.7 Å². The van der Waals surface area contributed by atoms with E-state index in [4.69, 9.17) is 0 Å². The van der Waals surface area contributed by atoms with Gasteiger partial charge in [-0.3, -0.25) is 0 Å². The van der Waals surface area contributed by atoms with Crippen molar-refractivity contribution < 1.29 is 8.42 Å². The zero-order valence-corrected chi connectivity index (χ0v) is 21.3. The van der Waals surface area contributed by atoms with Gasteiger partial charge in [-0.2, -0.15) is 0 Å². The van der Waals surface area contributed by atoms with Crippen molar-refractivity contribution >= 4 is 62.6 Å². The topological polar surface area (TPSA) is 95.5 Å². The first-order valence-corrected chi connectivity index (χ1v) is 12.0. The van der Waals surface area contributed by atoms with E-state index in [1.165, 1.54) is 11.3 Å². The molecule has 0 radical (unpaired) electrons. The highest BCUT2D eigenvalue weighted by molar-refractivity contribution is 14.0. The van der Waals surface area contributed by atoms with Gasteiger partial charge in [-0.15, -0.1) is 46.7 Å². The van der Waals surface area contributed by atoms with Crippen molar-refractivity contribution in [3.05, 3.63) is 33.1 Å². The predicted octanol–water partition coefficient (Wildman–Crippen LogP) is 3.29. The zero-order chi connectivity index (χ0) is 19.9. The molecule has 2 rings (SSSR count). The van der Waals surface area contributed by atoms with Crippen LogP contribution in [0.2, 0.25) is 0 Å². The van der Waals surface area contributed by atoms with E-state index in [2.05, 4.69) is 44.6 Å². The van der Waals surface area contributed by atoms with Crippen LogP contribution < -0.4 is 15.4 Å². The molecule has 0 fully saturated rings. The minimum atomic E-state index is -3.45. The van der Waals surface area contributed by atoms with Crippen LogP contribution in [0, 0.1) is 6.92 Å². The first-order chi connectivity index (χ1) is 12.8. The molecule has 0 unspecified atom stereocenters. The standard InChI is InChI=1S/C17H27N5O2S3.HI/c1-5-18-17(20-10-15-22-14(11-25-15)12(2)3)19-8-9-21-27(23,24)16-7-6-13(4)26-16;/h6-7,11-12,21H,5,8-10H2,1-4H3,(H2,18,19,20);1H. The number of hydrogen-bond donors (Lipinski definition) is 3. The van der Waals surface area contributed by atoms with Crippen molar-refractivity contribution in [2.75, 3.05) is 19.6 Å². The molecule has 0 saturated heterocycles. The fourth-order valence-corrected chi connectivity index (χ4v) is 5.38. The maximum absolute atomic E-state index is 12.2. The average molecular weight is 558 g/mol. The van der Waals surface area contributed by atoms with Gasteiger partial charge < -0.3 is 10.6 Å². The van der Waals surface area contributed by atoms with Crippen molar-refractivity contribution in [1.82, 2.24) is 20.3 Å². The van der Waals surface area contributed by atoms with E-state index in [9.17, 15) is 8.42 Å². The van der Waals surface area contributed by atoms with Crippen LogP contribution in [0.1, 0.15) is 42.3 Å². The number of thiophene rings is 1. The SMILES string of the molecule is CCNC(=NCc1nc(C(C)C)cs1)NCCNS(=O)(=O)c1ccc(C)s1.I. The third-order valence-electron chi connectivity index (χ3n) is 3.57. The van der Waals surface area contributed by atoms with Crippen molar-refractivity contribution in [3.8, 4) is 0 Å². The minimum absolute atomic E-state index is 0. The quantitative estimate of drug-likeness (QED) is 0.190. The van der Waals surface area contributed by atoms with E-state index in [-0.39, 0.29) is 30.5 Å². The van der Waals surface area contributed by atoms with Gasteiger partial charge in [-0.1, -0.05) is 13.8 Å². The second kappa shape index (κ2) is 12.1. The number of halogens is 1. The van der Waals surface area contributed by atoms with E-state index in [0.29, 0.717) is 29.2 Å². The number of hydrogen-bond acceptors (Lipinski definition) is 6. The summed E-state index contributed by atoms with van der Waals surface area (Å²) in [5.41, 5.74) is 1.08. The van der Waals surface area contributed by atoms with Crippen LogP contribution in [-0.4, -0.2) is 39.0 Å². The van der Waals surface area contributed by atoms with Crippen molar-refractivity contribution in [2.24, 2.45) is 4.99 Å². The highest BCUT2D eigenvalue weighted by Crippen LogP contribution is 2.20. The number of aliphatic imine (C=N–C) groups is 1. The van der Waals surface area contributed by atoms with Crippen LogP contribution in [0.25, 0.3) is 0 Å². The van der Waals surface area contributed by atoms with Gasteiger partial charge in [0.2, 0.25) is 10.0 Å². The number of nitrogens with one attached hydrogen (secondary N) is 3. The highest BCUT2D eigenvalue weighted by atomic mass is 127. The van der Waals surface area contributed by atoms with Gasteiger partial charge >= 0.3 is 0 Å². The Labute approximate surface area is 192 Å². The number of guanidine groups is 1. The third-order valence-corrected chi connectivity index (χ3v) is 7.37. The molecule has 0 aliphatic rings. The Kier molecular flexibility index (Phi) is 10.9. The molecule has 2 aromatic heterocycles. The molecule has 0 aliphatic carbocycles. The molecule has 0 spiro atoms. The summed E-state index contributed by atoms with van der Waals surface area (Å²) >= 11 is 2.87. The monoisotopic (exact) mass is 557 g/mol. The molecule has 7 nitrogen and oxygen atoms in total. The van der Waals surface area contributed by atoms with Crippen LogP contribution in [0.5, 0.6) is 0 Å². The number of thiazole rings is 1. The lowest BCUT2D eigenvalue weighted by Crippen LogP contribution is -2.41. The van der Waals surface area contributed by atoms with Gasteiger partial charge in [-0.25, -0.2) is 23.1 Å². The van der Waals surface area contributed by atoms with Crippen LogP contribution in [-0.2, 0) is 16.6 Å². The summed E-state index contributed by atoms with van der Waals surface area (Å²) in [6, 6.07) is 3.43. The molecule has 2 heterocycles. The summed E-state index contributed by atoms with van der Waals surface area (Å²) in [7, 11) is -3.45. The first-order valence-electron chi connectivity index (χ1n) is 8.84. The van der Waals surface area contributed by atoms with Gasteiger partial charge in [0, 0.05) is 29.9 Å². The number of sulfonamides is 1. The highest BCUT2D eigenvalue weighted by Gasteiger charge is 2.15. The van der Waals surface area contributed by atoms with E-state index >= 15 is 0 Å². The Balaban J connectivity index is 0.00000392. The summed E-state index contributed by atoms with van der Waals surface area (Å²) in [6.07, 6.45) is 0. The first kappa shape index (κ1) is 25.3. The lowest BCUT2D eigenvalue weighted by molar-refractivity contribution is 0.582. The summed E-state index contributed by atoms with van der Waals surface area (Å²) in [4.78, 5) is 10.1. The van der Waals surface area contributed by atoms with E-state index in [0.717, 1.165) is 22.1 Å². The van der Waals surface area contributed by atoms with Gasteiger partial charge in [0.15, 0.2) is 5.96 Å². The molecular weight excluding hydrogens is 529 g/mol. The van der Waals surface area contributed by atoms with Crippen molar-refractivity contribution in [2.45, 2.75) is 44.4 Å². The van der Waals surface area contributed by atoms with Crippen LogP contribution >= 0.6 is 46.7 Å². The molecule has 0 aromatic carbocycles. The molecular formula is C17H28IN5O2S3. The van der Waals surface area contributed by atoms with E-state index in [1.807, 2.05) is 13.8 Å². The number of aryl methyl sites for hydroxylation is 1. The molecule has 2 aromatic rings. The van der Waals surface area contributed by atoms with Gasteiger partial charge in [-0.05, 0) is 31.9 Å². The average Bonchev–Trinajstić information content (AvgIpc) is 3.26. The molecule has 0 bridgehead atoms. The molecule has 3 N–H and O–H groups in total. The summed E-state index contributed by atoms with van der Waals surface area (Å²) in [6.45, 7) is 10.0.